The largest absolute Gasteiger partial charge is 0.356 e. The molecule has 0 radical (unpaired) electrons. The second-order valence-electron chi connectivity index (χ2n) is 5.24. The van der Waals surface area contributed by atoms with Gasteiger partial charge in [-0.25, -0.2) is 4.98 Å². The van der Waals surface area contributed by atoms with Gasteiger partial charge in [0.2, 0.25) is 0 Å². The molecule has 100 valence electrons. The Bertz CT molecular complexity index is 482. The number of rotatable bonds is 1. The van der Waals surface area contributed by atoms with Gasteiger partial charge >= 0.3 is 0 Å². The summed E-state index contributed by atoms with van der Waals surface area (Å²) in [6.45, 7) is 4.57. The Kier molecular flexibility index (Phi) is 4.51. The third kappa shape index (κ3) is 3.36. The zero-order valence-corrected chi connectivity index (χ0v) is 13.6. The lowest BCUT2D eigenvalue weighted by molar-refractivity contribution is 0.249. The molecule has 1 N–H and O–H groups in total. The van der Waals surface area contributed by atoms with E-state index in [9.17, 15) is 0 Å². The van der Waals surface area contributed by atoms with Crippen LogP contribution in [0, 0.1) is 23.0 Å². The maximum atomic E-state index is 4.57. The van der Waals surface area contributed by atoms with Crippen LogP contribution in [0.2, 0.25) is 0 Å². The average Bonchev–Trinajstić information content (AvgIpc) is 2.45. The zero-order valence-electron chi connectivity index (χ0n) is 10.6. The van der Waals surface area contributed by atoms with E-state index in [2.05, 4.69) is 59.7 Å². The molecule has 3 nitrogen and oxygen atoms in total. The molecule has 0 amide bonds. The summed E-state index contributed by atoms with van der Waals surface area (Å²) in [4.78, 5) is 7.01. The highest BCUT2D eigenvalue weighted by Gasteiger charge is 2.30. The van der Waals surface area contributed by atoms with Crippen LogP contribution >= 0.6 is 30.1 Å². The molecule has 2 bridgehead atoms. The molecule has 2 atom stereocenters. The van der Waals surface area contributed by atoms with Gasteiger partial charge in [-0.05, 0) is 57.7 Å². The van der Waals surface area contributed by atoms with E-state index in [1.807, 2.05) is 6.20 Å². The molecule has 1 aromatic heterocycles. The summed E-state index contributed by atoms with van der Waals surface area (Å²) in [7, 11) is 1.50. The maximum absolute atomic E-state index is 4.57. The fraction of sp³-hybridized carbons (Fsp3) is 0.500. The van der Waals surface area contributed by atoms with E-state index in [-0.39, 0.29) is 0 Å². The van der Waals surface area contributed by atoms with Crippen LogP contribution in [-0.4, -0.2) is 31.2 Å². The minimum Gasteiger partial charge on any atom is -0.356 e. The van der Waals surface area contributed by atoms with E-state index in [0.29, 0.717) is 0 Å². The summed E-state index contributed by atoms with van der Waals surface area (Å²) >= 11 is 2.18. The molecule has 3 heterocycles. The van der Waals surface area contributed by atoms with E-state index < -0.39 is 0 Å². The van der Waals surface area contributed by atoms with Crippen LogP contribution in [0.25, 0.3) is 0 Å². The number of aromatic nitrogens is 1. The van der Waals surface area contributed by atoms with E-state index in [1.54, 1.807) is 0 Å². The fourth-order valence-electron chi connectivity index (χ4n) is 3.02. The normalized spacial score (nSPS) is 25.6. The Labute approximate surface area is 130 Å². The molecule has 2 fully saturated rings. The molecular formula is C14H16IN3S. The Balaban J connectivity index is 1.71. The van der Waals surface area contributed by atoms with Gasteiger partial charge < -0.3 is 10.2 Å². The van der Waals surface area contributed by atoms with Crippen molar-refractivity contribution in [2.75, 3.05) is 31.1 Å². The topological polar surface area (TPSA) is 28.2 Å². The molecule has 1 aromatic rings. The zero-order chi connectivity index (χ0) is 13.1. The van der Waals surface area contributed by atoms with Gasteiger partial charge in [-0.15, -0.1) is 0 Å². The quantitative estimate of drug-likeness (QED) is 0.594. The molecule has 2 aliphatic rings. The average molecular weight is 385 g/mol. The summed E-state index contributed by atoms with van der Waals surface area (Å²) < 4.78 is 0. The van der Waals surface area contributed by atoms with E-state index in [1.165, 1.54) is 15.4 Å². The van der Waals surface area contributed by atoms with Crippen molar-refractivity contribution in [2.24, 2.45) is 11.8 Å². The SMILES string of the molecule is ISC#Cc1ccc(N2CC3CNCC(C3)C2)nc1. The molecule has 2 aliphatic heterocycles. The third-order valence-electron chi connectivity index (χ3n) is 3.80. The number of hydrogen-bond acceptors (Lipinski definition) is 4. The number of hydrogen-bond donors (Lipinski definition) is 1. The van der Waals surface area contributed by atoms with Crippen LogP contribution in [0.4, 0.5) is 5.82 Å². The summed E-state index contributed by atoms with van der Waals surface area (Å²) in [6, 6.07) is 4.18. The van der Waals surface area contributed by atoms with Crippen molar-refractivity contribution in [2.45, 2.75) is 6.42 Å². The number of nitrogens with zero attached hydrogens (tertiary/aromatic N) is 2. The van der Waals surface area contributed by atoms with E-state index >= 15 is 0 Å². The van der Waals surface area contributed by atoms with Crippen molar-refractivity contribution >= 4 is 36.0 Å². The van der Waals surface area contributed by atoms with Gasteiger partial charge in [0.25, 0.3) is 0 Å². The van der Waals surface area contributed by atoms with Gasteiger partial charge in [0.1, 0.15) is 5.82 Å². The second-order valence-corrected chi connectivity index (χ2v) is 6.92. The van der Waals surface area contributed by atoms with E-state index in [0.717, 1.165) is 49.4 Å². The first-order valence-corrected chi connectivity index (χ1v) is 9.91. The molecule has 19 heavy (non-hydrogen) atoms. The minimum absolute atomic E-state index is 0.782. The molecule has 0 aromatic carbocycles. The van der Waals surface area contributed by atoms with Crippen LogP contribution in [0.1, 0.15) is 12.0 Å². The van der Waals surface area contributed by atoms with Gasteiger partial charge in [0.15, 0.2) is 0 Å². The molecule has 2 unspecified atom stereocenters. The fourth-order valence-corrected chi connectivity index (χ4v) is 3.50. The first kappa shape index (κ1) is 13.5. The lowest BCUT2D eigenvalue weighted by Gasteiger charge is -2.42. The van der Waals surface area contributed by atoms with Crippen molar-refractivity contribution in [3.8, 4) is 11.2 Å². The number of anilines is 1. The van der Waals surface area contributed by atoms with Crippen molar-refractivity contribution in [3.63, 3.8) is 0 Å². The Morgan fingerprint density at radius 1 is 1.32 bits per heavy atom. The maximum Gasteiger partial charge on any atom is 0.128 e. The van der Waals surface area contributed by atoms with Gasteiger partial charge in [-0.1, -0.05) is 5.92 Å². The summed E-state index contributed by atoms with van der Waals surface area (Å²) in [5, 5.41) is 6.51. The van der Waals surface area contributed by atoms with Gasteiger partial charge in [-0.3, -0.25) is 0 Å². The molecule has 2 saturated heterocycles. The van der Waals surface area contributed by atoms with Crippen LogP contribution < -0.4 is 10.2 Å². The van der Waals surface area contributed by atoms with Crippen LogP contribution in [0.5, 0.6) is 0 Å². The number of piperidine rings is 2. The lowest BCUT2D eigenvalue weighted by Crippen LogP contribution is -2.51. The van der Waals surface area contributed by atoms with Crippen molar-refractivity contribution in [1.82, 2.24) is 10.3 Å². The Morgan fingerprint density at radius 2 is 2.11 bits per heavy atom. The minimum atomic E-state index is 0.782. The molecule has 3 rings (SSSR count). The number of pyridine rings is 1. The van der Waals surface area contributed by atoms with Crippen LogP contribution in [0.3, 0.4) is 0 Å². The van der Waals surface area contributed by atoms with Crippen molar-refractivity contribution in [3.05, 3.63) is 23.9 Å². The highest BCUT2D eigenvalue weighted by atomic mass is 127. The number of halogens is 1. The molecular weight excluding hydrogens is 369 g/mol. The highest BCUT2D eigenvalue weighted by Crippen LogP contribution is 2.27. The van der Waals surface area contributed by atoms with Crippen molar-refractivity contribution < 1.29 is 0 Å². The summed E-state index contributed by atoms with van der Waals surface area (Å²) in [5.74, 6) is 5.74. The molecule has 0 saturated carbocycles. The van der Waals surface area contributed by atoms with Gasteiger partial charge in [-0.2, -0.15) is 0 Å². The Hall–Kier alpha value is -0.450. The monoisotopic (exact) mass is 385 g/mol. The second kappa shape index (κ2) is 6.33. The highest BCUT2D eigenvalue weighted by molar-refractivity contribution is 14.2. The molecule has 0 aliphatic carbocycles. The van der Waals surface area contributed by atoms with Gasteiger partial charge in [0, 0.05) is 46.1 Å². The molecule has 0 spiro atoms. The first-order chi connectivity index (χ1) is 9.35. The predicted octanol–water partition coefficient (Wildman–Crippen LogP) is 2.52. The number of fused-ring (bicyclic) bond motifs is 2. The van der Waals surface area contributed by atoms with Crippen LogP contribution in [0.15, 0.2) is 18.3 Å². The first-order valence-electron chi connectivity index (χ1n) is 6.55. The van der Waals surface area contributed by atoms with Gasteiger partial charge in [0.05, 0.1) is 0 Å². The predicted molar refractivity (Wildman–Crippen MR) is 89.4 cm³/mol. The lowest BCUT2D eigenvalue weighted by atomic mass is 9.86. The summed E-state index contributed by atoms with van der Waals surface area (Å²) in [6.07, 6.45) is 3.26. The standard InChI is InChI=1S/C14H16IN3S/c15-19-4-3-11-1-2-14(17-8-11)18-9-12-5-13(10-18)7-16-6-12/h1-2,8,12-13,16H,5-7,9-10H2. The van der Waals surface area contributed by atoms with Crippen LogP contribution in [-0.2, 0) is 0 Å². The summed E-state index contributed by atoms with van der Waals surface area (Å²) in [5.41, 5.74) is 0.992. The Morgan fingerprint density at radius 3 is 2.74 bits per heavy atom. The third-order valence-corrected chi connectivity index (χ3v) is 4.64. The molecule has 5 heteroatoms. The number of nitrogens with one attached hydrogen (secondary N) is 1. The smallest absolute Gasteiger partial charge is 0.128 e. The van der Waals surface area contributed by atoms with E-state index in [4.69, 9.17) is 0 Å². The van der Waals surface area contributed by atoms with Crippen molar-refractivity contribution in [1.29, 1.82) is 0 Å².